The minimum Gasteiger partial charge on any atom is -0.456 e. The fourth-order valence-electron chi connectivity index (χ4n) is 11.0. The number of carbonyl (C=O) groups is 2. The number of ether oxygens (including phenoxy) is 1. The van der Waals surface area contributed by atoms with Crippen LogP contribution in [0.1, 0.15) is 355 Å². The molecular formula is C79H146N2O7P+. The molecule has 3 unspecified atom stereocenters. The summed E-state index contributed by atoms with van der Waals surface area (Å²) in [6.07, 6.45) is 91.7. The van der Waals surface area contributed by atoms with Crippen molar-refractivity contribution in [1.29, 1.82) is 0 Å². The molecule has 0 radical (unpaired) electrons. The van der Waals surface area contributed by atoms with Gasteiger partial charge in [-0.25, -0.2) is 4.57 Å². The van der Waals surface area contributed by atoms with E-state index in [0.717, 1.165) is 103 Å². The highest BCUT2D eigenvalue weighted by Crippen LogP contribution is 2.43. The van der Waals surface area contributed by atoms with Crippen LogP contribution in [0, 0.1) is 0 Å². The largest absolute Gasteiger partial charge is 0.472 e. The van der Waals surface area contributed by atoms with Crippen LogP contribution in [-0.4, -0.2) is 74.3 Å². The summed E-state index contributed by atoms with van der Waals surface area (Å²) in [6, 6.07) is -0.856. The van der Waals surface area contributed by atoms with Crippen LogP contribution in [0.25, 0.3) is 0 Å². The normalized spacial score (nSPS) is 13.9. The van der Waals surface area contributed by atoms with Crippen molar-refractivity contribution in [2.45, 2.75) is 367 Å². The van der Waals surface area contributed by atoms with E-state index in [1.165, 1.54) is 218 Å². The number of rotatable bonds is 69. The van der Waals surface area contributed by atoms with Gasteiger partial charge in [-0.2, -0.15) is 0 Å². The number of nitrogens with one attached hydrogen (secondary N) is 1. The Morgan fingerprint density at radius 1 is 0.404 bits per heavy atom. The van der Waals surface area contributed by atoms with E-state index in [0.29, 0.717) is 23.9 Å². The summed E-state index contributed by atoms with van der Waals surface area (Å²) in [5.41, 5.74) is 0. The van der Waals surface area contributed by atoms with Crippen molar-refractivity contribution < 1.29 is 37.3 Å². The van der Waals surface area contributed by atoms with Crippen LogP contribution in [0.4, 0.5) is 0 Å². The Balaban J connectivity index is 5.04. The lowest BCUT2D eigenvalue weighted by atomic mass is 10.0. The van der Waals surface area contributed by atoms with Gasteiger partial charge >= 0.3 is 13.8 Å². The zero-order chi connectivity index (χ0) is 64.9. The van der Waals surface area contributed by atoms with Gasteiger partial charge in [0.2, 0.25) is 5.91 Å². The van der Waals surface area contributed by atoms with E-state index in [1.807, 2.05) is 33.3 Å². The standard InChI is InChI=1S/C79H145N2O7P/c1-7-10-13-16-19-22-25-28-30-32-34-36-38-40-42-44-46-48-50-53-56-59-62-65-68-71-78(82)80-76(75-87-89(84,85)86-74-73-81(4,5)6)77(70-67-64-61-58-55-52-27-24-21-18-15-12-9-3)88-79(83)72-69-66-63-60-57-54-51-49-47-45-43-41-39-37-35-33-31-29-26-23-20-17-14-11-8-2/h10,13,19,22,28-31,34,36,40,42,67,70,76-77H,7-9,11-12,14-18,20-21,23-27,32-33,35,37-39,41,43-66,68-69,71-75H2,1-6H3,(H-,80,82,84,85)/p+1/b13-10-,22-19-,30-28-,31-29+,36-34-,42-40-,70-67+. The number of esters is 1. The second-order valence-corrected chi connectivity index (χ2v) is 28.2. The van der Waals surface area contributed by atoms with Crippen LogP contribution < -0.4 is 5.32 Å². The van der Waals surface area contributed by atoms with Gasteiger partial charge in [0, 0.05) is 12.8 Å². The van der Waals surface area contributed by atoms with Crippen LogP contribution in [0.5, 0.6) is 0 Å². The Morgan fingerprint density at radius 3 is 1.09 bits per heavy atom. The SMILES string of the molecule is CC/C=C\C/C=C\C/C=C\C/C=C\C/C=C\CCCCCCCCCCCC(=O)NC(COP(=O)(O)OCC[N+](C)(C)C)C(/C=C/CCCCCCCCCCCCC)OC(=O)CCCCCCCCCCCCCCCCC/C=C/CCCCCCCC. The first-order valence-corrected chi connectivity index (χ1v) is 39.4. The van der Waals surface area contributed by atoms with Crippen LogP contribution in [0.15, 0.2) is 85.1 Å². The molecule has 0 aliphatic heterocycles. The molecule has 1 amide bonds. The average molecular weight is 1270 g/mol. The van der Waals surface area contributed by atoms with Crippen molar-refractivity contribution >= 4 is 19.7 Å². The van der Waals surface area contributed by atoms with Crippen molar-refractivity contribution in [2.75, 3.05) is 40.9 Å². The third-order valence-electron chi connectivity index (χ3n) is 16.8. The van der Waals surface area contributed by atoms with Crippen molar-refractivity contribution in [3.63, 3.8) is 0 Å². The predicted octanol–water partition coefficient (Wildman–Crippen LogP) is 24.5. The van der Waals surface area contributed by atoms with Crippen molar-refractivity contribution in [2.24, 2.45) is 0 Å². The van der Waals surface area contributed by atoms with Gasteiger partial charge in [-0.1, -0.05) is 324 Å². The Morgan fingerprint density at radius 2 is 0.719 bits per heavy atom. The second kappa shape index (κ2) is 68.1. The Labute approximate surface area is 552 Å². The molecule has 0 bridgehead atoms. The molecule has 0 saturated heterocycles. The first kappa shape index (κ1) is 86.2. The molecule has 9 nitrogen and oxygen atoms in total. The summed E-state index contributed by atoms with van der Waals surface area (Å²) in [5, 5.41) is 3.08. The van der Waals surface area contributed by atoms with E-state index in [-0.39, 0.29) is 25.1 Å². The smallest absolute Gasteiger partial charge is 0.456 e. The molecule has 0 fully saturated rings. The number of unbranched alkanes of at least 4 members (excludes halogenated alkanes) is 41. The van der Waals surface area contributed by atoms with E-state index in [2.05, 4.69) is 99.0 Å². The number of carbonyl (C=O) groups excluding carboxylic acids is 2. The van der Waals surface area contributed by atoms with Gasteiger partial charge in [0.05, 0.1) is 33.8 Å². The maximum absolute atomic E-state index is 13.7. The van der Waals surface area contributed by atoms with Gasteiger partial charge < -0.3 is 19.4 Å². The zero-order valence-electron chi connectivity index (χ0n) is 59.4. The highest BCUT2D eigenvalue weighted by atomic mass is 31.2. The number of hydrogen-bond donors (Lipinski definition) is 2. The van der Waals surface area contributed by atoms with Gasteiger partial charge in [-0.05, 0) is 102 Å². The van der Waals surface area contributed by atoms with Gasteiger partial charge in [0.1, 0.15) is 19.3 Å². The molecule has 0 aromatic heterocycles. The fraction of sp³-hybridized carbons (Fsp3) is 0.797. The van der Waals surface area contributed by atoms with Crippen molar-refractivity contribution in [1.82, 2.24) is 5.32 Å². The molecule has 0 aromatic carbocycles. The van der Waals surface area contributed by atoms with Gasteiger partial charge in [0.25, 0.3) is 0 Å². The number of quaternary nitrogens is 1. The number of nitrogens with zero attached hydrogens (tertiary/aromatic N) is 1. The van der Waals surface area contributed by atoms with E-state index in [1.54, 1.807) is 0 Å². The Hall–Kier alpha value is -2.81. The quantitative estimate of drug-likeness (QED) is 0.0205. The lowest BCUT2D eigenvalue weighted by Crippen LogP contribution is -2.47. The summed E-state index contributed by atoms with van der Waals surface area (Å²) in [4.78, 5) is 38.0. The topological polar surface area (TPSA) is 111 Å². The number of allylic oxidation sites excluding steroid dienone is 13. The van der Waals surface area contributed by atoms with Crippen molar-refractivity contribution in [3.8, 4) is 0 Å². The predicted molar refractivity (Wildman–Crippen MR) is 388 cm³/mol. The first-order valence-electron chi connectivity index (χ1n) is 37.9. The summed E-state index contributed by atoms with van der Waals surface area (Å²) < 4.78 is 30.9. The van der Waals surface area contributed by atoms with Gasteiger partial charge in [0.15, 0.2) is 0 Å². The van der Waals surface area contributed by atoms with Crippen LogP contribution in [-0.2, 0) is 27.9 Å². The molecule has 0 rings (SSSR count). The minimum absolute atomic E-state index is 0.0374. The molecule has 0 spiro atoms. The summed E-state index contributed by atoms with van der Waals surface area (Å²) >= 11 is 0. The molecule has 518 valence electrons. The maximum Gasteiger partial charge on any atom is 0.472 e. The number of phosphoric acid groups is 1. The van der Waals surface area contributed by atoms with Gasteiger partial charge in [-0.3, -0.25) is 18.6 Å². The zero-order valence-corrected chi connectivity index (χ0v) is 60.3. The van der Waals surface area contributed by atoms with Crippen LogP contribution >= 0.6 is 7.82 Å². The summed E-state index contributed by atoms with van der Waals surface area (Å²) in [7, 11) is 1.50. The number of likely N-dealkylation sites (N-methyl/N-ethyl adjacent to an activating group) is 1. The molecule has 0 heterocycles. The molecule has 89 heavy (non-hydrogen) atoms. The van der Waals surface area contributed by atoms with Crippen LogP contribution in [0.2, 0.25) is 0 Å². The second-order valence-electron chi connectivity index (χ2n) is 26.8. The number of hydrogen-bond acceptors (Lipinski definition) is 6. The lowest BCUT2D eigenvalue weighted by molar-refractivity contribution is -0.870. The molecule has 0 aliphatic carbocycles. The lowest BCUT2D eigenvalue weighted by Gasteiger charge is -2.27. The van der Waals surface area contributed by atoms with E-state index in [4.69, 9.17) is 13.8 Å². The fourth-order valence-corrected chi connectivity index (χ4v) is 11.8. The Kier molecular flexibility index (Phi) is 65.9. The first-order chi connectivity index (χ1) is 43.4. The molecule has 2 N–H and O–H groups in total. The maximum atomic E-state index is 13.7. The molecule has 0 saturated carbocycles. The van der Waals surface area contributed by atoms with E-state index < -0.39 is 20.0 Å². The minimum atomic E-state index is -4.46. The van der Waals surface area contributed by atoms with Gasteiger partial charge in [-0.15, -0.1) is 0 Å². The molecular weight excluding hydrogens is 1120 g/mol. The summed E-state index contributed by atoms with van der Waals surface area (Å²) in [6.45, 7) is 6.94. The van der Waals surface area contributed by atoms with E-state index >= 15 is 0 Å². The molecule has 0 aromatic rings. The third-order valence-corrected chi connectivity index (χ3v) is 17.8. The van der Waals surface area contributed by atoms with Crippen molar-refractivity contribution in [3.05, 3.63) is 85.1 Å². The summed E-state index contributed by atoms with van der Waals surface area (Å²) in [5.74, 6) is -0.500. The number of phosphoric ester groups is 1. The molecule has 3 atom stereocenters. The average Bonchev–Trinajstić information content (AvgIpc) is 3.67. The number of amides is 1. The molecule has 0 aliphatic rings. The highest BCUT2D eigenvalue weighted by molar-refractivity contribution is 7.47. The van der Waals surface area contributed by atoms with E-state index in [9.17, 15) is 19.0 Å². The van der Waals surface area contributed by atoms with Crippen LogP contribution in [0.3, 0.4) is 0 Å². The monoisotopic (exact) mass is 1270 g/mol. The Bertz CT molecular complexity index is 1800. The third kappa shape index (κ3) is 69.4. The highest BCUT2D eigenvalue weighted by Gasteiger charge is 2.30. The molecule has 10 heteroatoms.